The zero-order valence-corrected chi connectivity index (χ0v) is 26.9. The normalized spacial score (nSPS) is 11.3. The van der Waals surface area contributed by atoms with Gasteiger partial charge < -0.3 is 19.7 Å². The molecule has 8 aromatic rings. The highest BCUT2D eigenvalue weighted by Gasteiger charge is 2.16. The Bertz CT molecular complexity index is 2290. The largest absolute Gasteiger partial charge is 0.507 e. The van der Waals surface area contributed by atoms with E-state index in [0.717, 1.165) is 77.8 Å². The predicted octanol–water partition coefficient (Wildman–Crippen LogP) is 9.13. The van der Waals surface area contributed by atoms with Crippen LogP contribution in [0, 0.1) is 0 Å². The smallest absolute Gasteiger partial charge is 0.123 e. The van der Waals surface area contributed by atoms with Crippen molar-refractivity contribution in [3.63, 3.8) is 0 Å². The van der Waals surface area contributed by atoms with E-state index in [1.165, 1.54) is 0 Å². The van der Waals surface area contributed by atoms with Gasteiger partial charge in [0, 0.05) is 21.9 Å². The van der Waals surface area contributed by atoms with Gasteiger partial charge >= 0.3 is 0 Å². The molecule has 0 bridgehead atoms. The van der Waals surface area contributed by atoms with Crippen molar-refractivity contribution in [3.05, 3.63) is 133 Å². The Morgan fingerprint density at radius 3 is 1.33 bits per heavy atom. The number of nitrogens with zero attached hydrogens (tertiary/aromatic N) is 2. The van der Waals surface area contributed by atoms with E-state index in [1.807, 2.05) is 72.8 Å². The molecule has 240 valence electrons. The number of aromatic hydroxyl groups is 2. The lowest BCUT2D eigenvalue weighted by Gasteiger charge is -2.14. The first-order chi connectivity index (χ1) is 24.0. The molecule has 0 saturated heterocycles. The minimum absolute atomic E-state index is 0.183. The minimum Gasteiger partial charge on any atom is -0.507 e. The first-order valence-electron chi connectivity index (χ1n) is 15.8. The maximum absolute atomic E-state index is 11.1. The molecule has 0 unspecified atom stereocenters. The average molecular weight is 645 g/mol. The van der Waals surface area contributed by atoms with Crippen LogP contribution in [0.5, 0.6) is 23.0 Å². The predicted molar refractivity (Wildman–Crippen MR) is 193 cm³/mol. The van der Waals surface area contributed by atoms with Crippen LogP contribution in [0.4, 0.5) is 0 Å². The third-order valence-electron chi connectivity index (χ3n) is 9.07. The van der Waals surface area contributed by atoms with Crippen LogP contribution in [0.25, 0.3) is 66.3 Å². The zero-order valence-electron chi connectivity index (χ0n) is 26.9. The number of hydrogen-bond acceptors (Lipinski definition) is 6. The molecule has 4 N–H and O–H groups in total. The number of methoxy groups -OCH3 is 2. The molecule has 0 saturated carbocycles. The average Bonchev–Trinajstić information content (AvgIpc) is 3.83. The highest BCUT2D eigenvalue weighted by atomic mass is 16.5. The van der Waals surface area contributed by atoms with E-state index < -0.39 is 0 Å². The summed E-state index contributed by atoms with van der Waals surface area (Å²) in [5.74, 6) is 1.94. The van der Waals surface area contributed by atoms with Crippen molar-refractivity contribution in [2.24, 2.45) is 0 Å². The number of phenols is 2. The molecule has 8 nitrogen and oxygen atoms in total. The molecule has 0 aliphatic heterocycles. The number of aromatic amines is 2. The lowest BCUT2D eigenvalue weighted by atomic mass is 9.91. The van der Waals surface area contributed by atoms with E-state index in [-0.39, 0.29) is 11.5 Å². The molecule has 8 heteroatoms. The lowest BCUT2D eigenvalue weighted by molar-refractivity contribution is 0.415. The van der Waals surface area contributed by atoms with Crippen molar-refractivity contribution < 1.29 is 19.7 Å². The summed E-state index contributed by atoms with van der Waals surface area (Å²) in [5, 5.41) is 38.9. The van der Waals surface area contributed by atoms with Gasteiger partial charge in [-0.25, -0.2) is 0 Å². The zero-order chi connectivity index (χ0) is 33.5. The fourth-order valence-electron chi connectivity index (χ4n) is 6.50. The van der Waals surface area contributed by atoms with Crippen molar-refractivity contribution in [1.82, 2.24) is 20.4 Å². The number of rotatable bonds is 8. The molecule has 0 aliphatic rings. The molecule has 0 amide bonds. The Labute approximate surface area is 282 Å². The third-order valence-corrected chi connectivity index (χ3v) is 9.07. The van der Waals surface area contributed by atoms with Gasteiger partial charge in [-0.3, -0.25) is 10.2 Å². The maximum atomic E-state index is 11.1. The topological polar surface area (TPSA) is 116 Å². The van der Waals surface area contributed by atoms with Crippen LogP contribution < -0.4 is 9.47 Å². The quantitative estimate of drug-likeness (QED) is 0.131. The van der Waals surface area contributed by atoms with Gasteiger partial charge in [0.2, 0.25) is 0 Å². The molecule has 0 spiro atoms. The van der Waals surface area contributed by atoms with E-state index in [9.17, 15) is 10.2 Å². The summed E-state index contributed by atoms with van der Waals surface area (Å²) in [5.41, 5.74) is 11.0. The van der Waals surface area contributed by atoms with Crippen LogP contribution in [0.3, 0.4) is 0 Å². The van der Waals surface area contributed by atoms with E-state index in [2.05, 4.69) is 44.7 Å². The lowest BCUT2D eigenvalue weighted by Crippen LogP contribution is -1.92. The second-order valence-electron chi connectivity index (χ2n) is 12.0. The first kappa shape index (κ1) is 29.8. The summed E-state index contributed by atoms with van der Waals surface area (Å²) in [6.45, 7) is 0. The van der Waals surface area contributed by atoms with Gasteiger partial charge in [-0.2, -0.15) is 10.2 Å². The second-order valence-corrected chi connectivity index (χ2v) is 12.0. The molecule has 0 radical (unpaired) electrons. The fourth-order valence-corrected chi connectivity index (χ4v) is 6.50. The Kier molecular flexibility index (Phi) is 7.45. The van der Waals surface area contributed by atoms with Gasteiger partial charge in [-0.05, 0) is 124 Å². The summed E-state index contributed by atoms with van der Waals surface area (Å²) in [6.07, 6.45) is 4.16. The van der Waals surface area contributed by atoms with Crippen LogP contribution in [-0.4, -0.2) is 44.8 Å². The second kappa shape index (κ2) is 12.2. The van der Waals surface area contributed by atoms with Gasteiger partial charge in [0.05, 0.1) is 37.6 Å². The summed E-state index contributed by atoms with van der Waals surface area (Å²) in [4.78, 5) is 0. The van der Waals surface area contributed by atoms with Crippen molar-refractivity contribution in [2.45, 2.75) is 6.42 Å². The molecule has 6 aromatic carbocycles. The van der Waals surface area contributed by atoms with E-state index in [1.54, 1.807) is 38.7 Å². The maximum Gasteiger partial charge on any atom is 0.123 e. The first-order valence-corrected chi connectivity index (χ1v) is 15.8. The van der Waals surface area contributed by atoms with Crippen LogP contribution in [0.2, 0.25) is 0 Å². The molecule has 0 atom stereocenters. The number of H-pyrrole nitrogens is 2. The summed E-state index contributed by atoms with van der Waals surface area (Å²) in [7, 11) is 3.30. The number of ether oxygens (including phenoxy) is 2. The van der Waals surface area contributed by atoms with E-state index in [0.29, 0.717) is 17.5 Å². The van der Waals surface area contributed by atoms with Crippen molar-refractivity contribution in [1.29, 1.82) is 0 Å². The molecule has 8 rings (SSSR count). The molecular formula is C41H32N4O4. The summed E-state index contributed by atoms with van der Waals surface area (Å²) in [6, 6.07) is 35.5. The molecule has 0 aliphatic carbocycles. The monoisotopic (exact) mass is 644 g/mol. The van der Waals surface area contributed by atoms with Gasteiger partial charge in [0.1, 0.15) is 23.0 Å². The summed E-state index contributed by atoms with van der Waals surface area (Å²) < 4.78 is 10.7. The Morgan fingerprint density at radius 1 is 0.490 bits per heavy atom. The number of aromatic nitrogens is 4. The molecule has 0 fully saturated rings. The third kappa shape index (κ3) is 5.59. The molecule has 2 aromatic heterocycles. The molecule has 49 heavy (non-hydrogen) atoms. The summed E-state index contributed by atoms with van der Waals surface area (Å²) >= 11 is 0. The Morgan fingerprint density at radius 2 is 0.918 bits per heavy atom. The van der Waals surface area contributed by atoms with Gasteiger partial charge in [-0.1, -0.05) is 36.4 Å². The SMILES string of the molecule is COc1ccc(-c2cc(-c3cc(Cc4ccc(O)c(-c5cc(-c6ccc(OC)cc6)cc6[nH]ncc56)c4)ccc3O)c3cn[nH]c3c2)cc1. The van der Waals surface area contributed by atoms with Gasteiger partial charge in [-0.15, -0.1) is 0 Å². The van der Waals surface area contributed by atoms with Gasteiger partial charge in [0.15, 0.2) is 0 Å². The highest BCUT2D eigenvalue weighted by Crippen LogP contribution is 2.41. The molecule has 2 heterocycles. The standard InChI is InChI=1S/C41H32N4O4/c1-48-30-9-5-26(6-10-30)28-18-32(36-22-42-44-38(36)20-28)34-16-24(3-13-40(34)46)15-25-4-14-41(47)35(17-25)33-19-29(21-39-37(33)23-43-45-39)27-7-11-31(49-2)12-8-27/h3-14,16-23,46-47H,15H2,1-2H3,(H,42,44)(H,43,45). The van der Waals surface area contributed by atoms with E-state index in [4.69, 9.17) is 9.47 Å². The van der Waals surface area contributed by atoms with Crippen molar-refractivity contribution >= 4 is 21.8 Å². The Balaban J connectivity index is 1.17. The highest BCUT2D eigenvalue weighted by molar-refractivity contribution is 6.00. The van der Waals surface area contributed by atoms with Crippen LogP contribution in [0.1, 0.15) is 11.1 Å². The number of phenolic OH excluding ortho intramolecular Hbond substituents is 2. The number of nitrogens with one attached hydrogen (secondary N) is 2. The minimum atomic E-state index is 0.183. The van der Waals surface area contributed by atoms with Gasteiger partial charge in [0.25, 0.3) is 0 Å². The van der Waals surface area contributed by atoms with E-state index >= 15 is 0 Å². The van der Waals surface area contributed by atoms with Crippen molar-refractivity contribution in [3.8, 4) is 67.5 Å². The van der Waals surface area contributed by atoms with Crippen LogP contribution in [0.15, 0.2) is 122 Å². The number of benzene rings is 6. The molecular weight excluding hydrogens is 612 g/mol. The Hall–Kier alpha value is -6.54. The van der Waals surface area contributed by atoms with Crippen LogP contribution in [-0.2, 0) is 6.42 Å². The van der Waals surface area contributed by atoms with Crippen LogP contribution >= 0.6 is 0 Å². The fraction of sp³-hybridized carbons (Fsp3) is 0.0732. The number of fused-ring (bicyclic) bond motifs is 2. The van der Waals surface area contributed by atoms with Crippen molar-refractivity contribution in [2.75, 3.05) is 14.2 Å². The number of hydrogen-bond donors (Lipinski definition) is 4.